The number of aromatic hydroxyl groups is 1. The van der Waals surface area contributed by atoms with Crippen molar-refractivity contribution in [2.45, 2.75) is 13.8 Å². The molecule has 114 valence electrons. The third kappa shape index (κ3) is 6.74. The summed E-state index contributed by atoms with van der Waals surface area (Å²) in [5.74, 6) is 0.983. The molecular formula is C14H16I2N2O3. The number of pyridine rings is 2. The second-order valence-electron chi connectivity index (χ2n) is 4.08. The van der Waals surface area contributed by atoms with Gasteiger partial charge >= 0.3 is 0 Å². The molecule has 0 saturated heterocycles. The minimum atomic E-state index is 0.0317. The van der Waals surface area contributed by atoms with Gasteiger partial charge in [0, 0.05) is 11.4 Å². The summed E-state index contributed by atoms with van der Waals surface area (Å²) in [4.78, 5) is 8.22. The van der Waals surface area contributed by atoms with Crippen molar-refractivity contribution in [2.24, 2.45) is 0 Å². The van der Waals surface area contributed by atoms with Crippen molar-refractivity contribution in [2.75, 3.05) is 13.2 Å². The molecule has 5 nitrogen and oxygen atoms in total. The Labute approximate surface area is 151 Å². The lowest BCUT2D eigenvalue weighted by atomic mass is 10.4. The second kappa shape index (κ2) is 9.36. The smallest absolute Gasteiger partial charge is 0.151 e. The quantitative estimate of drug-likeness (QED) is 0.487. The number of aromatic nitrogens is 2. The van der Waals surface area contributed by atoms with Gasteiger partial charge in [0.25, 0.3) is 0 Å². The maximum absolute atomic E-state index is 8.97. The number of hydrogen-bond donors (Lipinski definition) is 2. The largest absolute Gasteiger partial charge is 0.505 e. The van der Waals surface area contributed by atoms with E-state index in [1.54, 1.807) is 12.1 Å². The van der Waals surface area contributed by atoms with Crippen molar-refractivity contribution < 1.29 is 14.9 Å². The summed E-state index contributed by atoms with van der Waals surface area (Å²) < 4.78 is 6.72. The number of ether oxygens (including phenoxy) is 1. The van der Waals surface area contributed by atoms with Crippen LogP contribution in [-0.2, 0) is 0 Å². The minimum absolute atomic E-state index is 0.0317. The molecular weight excluding hydrogens is 498 g/mol. The van der Waals surface area contributed by atoms with Crippen LogP contribution in [0.4, 0.5) is 0 Å². The van der Waals surface area contributed by atoms with Gasteiger partial charge in [-0.2, -0.15) is 0 Å². The van der Waals surface area contributed by atoms with Gasteiger partial charge in [-0.05, 0) is 83.3 Å². The third-order valence-electron chi connectivity index (χ3n) is 2.27. The molecule has 0 aliphatic carbocycles. The van der Waals surface area contributed by atoms with Gasteiger partial charge in [0.1, 0.15) is 19.8 Å². The van der Waals surface area contributed by atoms with Crippen molar-refractivity contribution in [3.63, 3.8) is 0 Å². The van der Waals surface area contributed by atoms with Crippen LogP contribution >= 0.6 is 45.2 Å². The van der Waals surface area contributed by atoms with E-state index in [9.17, 15) is 0 Å². The number of aliphatic hydroxyl groups excluding tert-OH is 1. The Hall–Kier alpha value is -0.680. The SMILES string of the molecule is Cc1ccc(O)c(I)n1.Cc1ccc(OCCO)c(I)n1. The Kier molecular flexibility index (Phi) is 8.19. The van der Waals surface area contributed by atoms with E-state index in [-0.39, 0.29) is 12.4 Å². The average molecular weight is 514 g/mol. The predicted octanol–water partition coefficient (Wildman–Crippen LogP) is 3.07. The summed E-state index contributed by atoms with van der Waals surface area (Å²) in [7, 11) is 0. The number of aryl methyl sites for hydroxylation is 2. The highest BCUT2D eigenvalue weighted by Crippen LogP contribution is 2.18. The molecule has 0 bridgehead atoms. The average Bonchev–Trinajstić information content (AvgIpc) is 2.43. The van der Waals surface area contributed by atoms with Crippen LogP contribution in [0.25, 0.3) is 0 Å². The third-order valence-corrected chi connectivity index (χ3v) is 3.84. The first-order chi connectivity index (χ1) is 9.93. The first-order valence-electron chi connectivity index (χ1n) is 6.13. The second-order valence-corrected chi connectivity index (χ2v) is 6.12. The summed E-state index contributed by atoms with van der Waals surface area (Å²) in [6.07, 6.45) is 0. The number of hydrogen-bond acceptors (Lipinski definition) is 5. The van der Waals surface area contributed by atoms with E-state index in [4.69, 9.17) is 14.9 Å². The van der Waals surface area contributed by atoms with Crippen LogP contribution in [0.5, 0.6) is 11.5 Å². The molecule has 2 aromatic heterocycles. The molecule has 0 aromatic carbocycles. The lowest BCUT2D eigenvalue weighted by Crippen LogP contribution is -2.03. The molecule has 0 saturated carbocycles. The van der Waals surface area contributed by atoms with Crippen molar-refractivity contribution in [1.82, 2.24) is 9.97 Å². The Morgan fingerprint density at radius 3 is 2.05 bits per heavy atom. The van der Waals surface area contributed by atoms with Crippen molar-refractivity contribution >= 4 is 45.2 Å². The number of aliphatic hydroxyl groups is 1. The van der Waals surface area contributed by atoms with Crippen molar-refractivity contribution in [1.29, 1.82) is 0 Å². The van der Waals surface area contributed by atoms with Crippen LogP contribution < -0.4 is 4.74 Å². The first-order valence-corrected chi connectivity index (χ1v) is 8.28. The van der Waals surface area contributed by atoms with Gasteiger partial charge in [0.05, 0.1) is 6.61 Å². The number of rotatable bonds is 3. The van der Waals surface area contributed by atoms with E-state index in [1.165, 1.54) is 0 Å². The summed E-state index contributed by atoms with van der Waals surface area (Å²) in [5, 5.41) is 17.5. The topological polar surface area (TPSA) is 75.5 Å². The van der Waals surface area contributed by atoms with Crippen LogP contribution in [0.2, 0.25) is 0 Å². The molecule has 2 aromatic rings. The lowest BCUT2D eigenvalue weighted by Gasteiger charge is -2.05. The van der Waals surface area contributed by atoms with E-state index in [0.717, 1.165) is 20.8 Å². The molecule has 0 aliphatic heterocycles. The highest BCUT2D eigenvalue weighted by molar-refractivity contribution is 14.1. The van der Waals surface area contributed by atoms with E-state index in [2.05, 4.69) is 32.6 Å². The molecule has 7 heteroatoms. The Bertz CT molecular complexity index is 594. The van der Waals surface area contributed by atoms with E-state index in [0.29, 0.717) is 10.3 Å². The fourth-order valence-corrected chi connectivity index (χ4v) is 2.57. The van der Waals surface area contributed by atoms with Gasteiger partial charge in [-0.15, -0.1) is 0 Å². The fourth-order valence-electron chi connectivity index (χ4n) is 1.29. The van der Waals surface area contributed by atoms with Gasteiger partial charge in [-0.25, -0.2) is 9.97 Å². The van der Waals surface area contributed by atoms with Crippen LogP contribution in [0, 0.1) is 21.2 Å². The molecule has 0 amide bonds. The maximum Gasteiger partial charge on any atom is 0.151 e. The van der Waals surface area contributed by atoms with Gasteiger partial charge < -0.3 is 14.9 Å². The molecule has 0 unspecified atom stereocenters. The van der Waals surface area contributed by atoms with E-state index in [1.807, 2.05) is 48.6 Å². The van der Waals surface area contributed by atoms with E-state index < -0.39 is 0 Å². The lowest BCUT2D eigenvalue weighted by molar-refractivity contribution is 0.200. The first kappa shape index (κ1) is 18.4. The Morgan fingerprint density at radius 2 is 1.57 bits per heavy atom. The van der Waals surface area contributed by atoms with Crippen LogP contribution in [-0.4, -0.2) is 33.4 Å². The van der Waals surface area contributed by atoms with Gasteiger partial charge in [0.2, 0.25) is 0 Å². The monoisotopic (exact) mass is 514 g/mol. The van der Waals surface area contributed by atoms with Gasteiger partial charge in [-0.3, -0.25) is 0 Å². The van der Waals surface area contributed by atoms with Gasteiger partial charge in [-0.1, -0.05) is 0 Å². The Morgan fingerprint density at radius 1 is 1.00 bits per heavy atom. The van der Waals surface area contributed by atoms with Gasteiger partial charge in [0.15, 0.2) is 5.75 Å². The molecule has 21 heavy (non-hydrogen) atoms. The van der Waals surface area contributed by atoms with Crippen LogP contribution in [0.1, 0.15) is 11.4 Å². The minimum Gasteiger partial charge on any atom is -0.505 e. The summed E-state index contributed by atoms with van der Waals surface area (Å²) in [5.41, 5.74) is 1.90. The predicted molar refractivity (Wildman–Crippen MR) is 97.6 cm³/mol. The number of halogens is 2. The molecule has 0 atom stereocenters. The van der Waals surface area contributed by atoms with E-state index >= 15 is 0 Å². The van der Waals surface area contributed by atoms with Crippen LogP contribution in [0.3, 0.4) is 0 Å². The molecule has 0 radical (unpaired) electrons. The fraction of sp³-hybridized carbons (Fsp3) is 0.286. The molecule has 0 aliphatic rings. The molecule has 0 spiro atoms. The highest BCUT2D eigenvalue weighted by Gasteiger charge is 2.00. The zero-order chi connectivity index (χ0) is 15.8. The van der Waals surface area contributed by atoms with Crippen molar-refractivity contribution in [3.8, 4) is 11.5 Å². The zero-order valence-corrected chi connectivity index (χ0v) is 16.0. The standard InChI is InChI=1S/C8H10INO2.C6H6INO/c1-6-2-3-7(8(9)10-6)12-5-4-11;1-4-2-3-5(9)6(7)8-4/h2-3,11H,4-5H2,1H3;2-3,9H,1H3. The summed E-state index contributed by atoms with van der Waals surface area (Å²) in [6, 6.07) is 7.16. The molecule has 2 rings (SSSR count). The molecule has 2 heterocycles. The number of nitrogens with zero attached hydrogens (tertiary/aromatic N) is 2. The summed E-state index contributed by atoms with van der Waals surface area (Å²) in [6.45, 7) is 4.17. The molecule has 0 fully saturated rings. The zero-order valence-electron chi connectivity index (χ0n) is 11.7. The summed E-state index contributed by atoms with van der Waals surface area (Å²) >= 11 is 4.10. The van der Waals surface area contributed by atoms with Crippen molar-refractivity contribution in [3.05, 3.63) is 43.1 Å². The highest BCUT2D eigenvalue weighted by atomic mass is 127. The normalized spacial score (nSPS) is 9.76. The molecule has 2 N–H and O–H groups in total. The maximum atomic E-state index is 8.97. The van der Waals surface area contributed by atoms with Crippen LogP contribution in [0.15, 0.2) is 24.3 Å². The Balaban J connectivity index is 0.000000219.